The van der Waals surface area contributed by atoms with Crippen LogP contribution in [0.3, 0.4) is 0 Å². The molecule has 0 aliphatic carbocycles. The second-order valence-electron chi connectivity index (χ2n) is 12.4. The number of benzene rings is 8. The van der Waals surface area contributed by atoms with E-state index in [-0.39, 0.29) is 0 Å². The normalized spacial score (nSPS) is 11.5. The molecule has 9 aromatic rings. The van der Waals surface area contributed by atoms with Gasteiger partial charge in [-0.3, -0.25) is 4.98 Å². The lowest BCUT2D eigenvalue weighted by Crippen LogP contribution is -1.92. The molecule has 0 bridgehead atoms. The summed E-state index contributed by atoms with van der Waals surface area (Å²) in [6.45, 7) is 2.16. The van der Waals surface area contributed by atoms with Crippen LogP contribution in [-0.2, 0) is 0 Å². The van der Waals surface area contributed by atoms with Gasteiger partial charge in [-0.05, 0) is 113 Å². The van der Waals surface area contributed by atoms with Crippen molar-refractivity contribution in [2.45, 2.75) is 6.92 Å². The number of hydrogen-bond donors (Lipinski definition) is 0. The van der Waals surface area contributed by atoms with Crippen molar-refractivity contribution in [3.63, 3.8) is 0 Å². The summed E-state index contributed by atoms with van der Waals surface area (Å²) in [5, 5.41) is 10.1. The first-order valence-corrected chi connectivity index (χ1v) is 16.2. The van der Waals surface area contributed by atoms with Crippen molar-refractivity contribution in [3.05, 3.63) is 176 Å². The van der Waals surface area contributed by atoms with E-state index in [0.717, 1.165) is 0 Å². The van der Waals surface area contributed by atoms with Gasteiger partial charge in [0.05, 0.1) is 0 Å². The van der Waals surface area contributed by atoms with Gasteiger partial charge in [0.25, 0.3) is 0 Å². The third-order valence-corrected chi connectivity index (χ3v) is 9.62. The number of nitrogens with zero attached hydrogens (tertiary/aromatic N) is 1. The van der Waals surface area contributed by atoms with E-state index < -0.39 is 0 Å². The number of aryl methyl sites for hydroxylation is 1. The van der Waals surface area contributed by atoms with Gasteiger partial charge in [0.1, 0.15) is 0 Å². The molecule has 1 aromatic heterocycles. The standard InChI is InChI=1S/C46H31N/c1-30-14-15-35-29-36(21-20-34(35)28-30)45-40-10-4-6-12-42(40)46(43-13-7-5-11-41(43)45)44-23-22-37(38-8-2-3-9-39(38)44)33-18-16-31(17-19-33)32-24-26-47-27-25-32/h2-29H,1H3. The molecule has 0 radical (unpaired) electrons. The van der Waals surface area contributed by atoms with Crippen LogP contribution in [0.2, 0.25) is 0 Å². The molecule has 0 spiro atoms. The monoisotopic (exact) mass is 597 g/mol. The van der Waals surface area contributed by atoms with Gasteiger partial charge < -0.3 is 0 Å². The summed E-state index contributed by atoms with van der Waals surface area (Å²) in [4.78, 5) is 4.17. The Bertz CT molecular complexity index is 2560. The first-order valence-electron chi connectivity index (χ1n) is 16.2. The highest BCUT2D eigenvalue weighted by atomic mass is 14.6. The maximum Gasteiger partial charge on any atom is 0.0273 e. The summed E-state index contributed by atoms with van der Waals surface area (Å²) in [5.41, 5.74) is 11.2. The van der Waals surface area contributed by atoms with Gasteiger partial charge >= 0.3 is 0 Å². The number of hydrogen-bond acceptors (Lipinski definition) is 1. The zero-order chi connectivity index (χ0) is 31.3. The van der Waals surface area contributed by atoms with E-state index in [4.69, 9.17) is 0 Å². The minimum Gasteiger partial charge on any atom is -0.265 e. The molecule has 0 N–H and O–H groups in total. The van der Waals surface area contributed by atoms with E-state index in [9.17, 15) is 0 Å². The van der Waals surface area contributed by atoms with Crippen LogP contribution in [0.15, 0.2) is 170 Å². The van der Waals surface area contributed by atoms with Crippen molar-refractivity contribution in [3.8, 4) is 44.5 Å². The Morgan fingerprint density at radius 1 is 0.340 bits per heavy atom. The van der Waals surface area contributed by atoms with Crippen molar-refractivity contribution in [2.75, 3.05) is 0 Å². The molecule has 0 aliphatic rings. The summed E-state index contributed by atoms with van der Waals surface area (Å²) < 4.78 is 0. The van der Waals surface area contributed by atoms with Crippen molar-refractivity contribution >= 4 is 43.1 Å². The summed E-state index contributed by atoms with van der Waals surface area (Å²) in [6.07, 6.45) is 3.69. The van der Waals surface area contributed by atoms with Gasteiger partial charge in [-0.15, -0.1) is 0 Å². The Kier molecular flexibility index (Phi) is 6.43. The Morgan fingerprint density at radius 2 is 0.809 bits per heavy atom. The molecule has 0 amide bonds. The molecular formula is C46H31N. The van der Waals surface area contributed by atoms with E-state index in [2.05, 4.69) is 170 Å². The molecular weight excluding hydrogens is 567 g/mol. The molecule has 1 nitrogen and oxygen atoms in total. The fraction of sp³-hybridized carbons (Fsp3) is 0.0217. The van der Waals surface area contributed by atoms with Crippen molar-refractivity contribution in [1.29, 1.82) is 0 Å². The zero-order valence-electron chi connectivity index (χ0n) is 26.1. The fourth-order valence-electron chi connectivity index (χ4n) is 7.41. The van der Waals surface area contributed by atoms with E-state index >= 15 is 0 Å². The quantitative estimate of drug-likeness (QED) is 0.184. The highest BCUT2D eigenvalue weighted by Crippen LogP contribution is 2.46. The number of pyridine rings is 1. The van der Waals surface area contributed by atoms with Crippen LogP contribution in [0, 0.1) is 6.92 Å². The minimum atomic E-state index is 1.17. The highest BCUT2D eigenvalue weighted by molar-refractivity contribution is 6.24. The smallest absolute Gasteiger partial charge is 0.0273 e. The fourth-order valence-corrected chi connectivity index (χ4v) is 7.41. The number of rotatable bonds is 4. The molecule has 47 heavy (non-hydrogen) atoms. The van der Waals surface area contributed by atoms with Crippen LogP contribution in [0.5, 0.6) is 0 Å². The third kappa shape index (κ3) is 4.59. The number of fused-ring (bicyclic) bond motifs is 4. The molecule has 8 aromatic carbocycles. The molecule has 1 heteroatoms. The van der Waals surface area contributed by atoms with Gasteiger partial charge in [-0.2, -0.15) is 0 Å². The van der Waals surface area contributed by atoms with Crippen molar-refractivity contribution in [1.82, 2.24) is 4.98 Å². The summed E-state index contributed by atoms with van der Waals surface area (Å²) >= 11 is 0. The highest BCUT2D eigenvalue weighted by Gasteiger charge is 2.19. The van der Waals surface area contributed by atoms with Gasteiger partial charge in [0, 0.05) is 12.4 Å². The summed E-state index contributed by atoms with van der Waals surface area (Å²) in [7, 11) is 0. The second-order valence-corrected chi connectivity index (χ2v) is 12.4. The molecule has 9 rings (SSSR count). The third-order valence-electron chi connectivity index (χ3n) is 9.62. The Balaban J connectivity index is 1.27. The molecule has 1 heterocycles. The Hall–Kier alpha value is -6.05. The van der Waals surface area contributed by atoms with Crippen LogP contribution >= 0.6 is 0 Å². The Labute approximate surface area is 274 Å². The van der Waals surface area contributed by atoms with Gasteiger partial charge in [-0.25, -0.2) is 0 Å². The molecule has 0 fully saturated rings. The average molecular weight is 598 g/mol. The van der Waals surface area contributed by atoms with Crippen LogP contribution in [0.4, 0.5) is 0 Å². The predicted molar refractivity (Wildman–Crippen MR) is 201 cm³/mol. The SMILES string of the molecule is Cc1ccc2cc(-c3c4ccccc4c(-c4ccc(-c5ccc(-c6ccncc6)cc5)c5ccccc45)c4ccccc34)ccc2c1. The van der Waals surface area contributed by atoms with Crippen molar-refractivity contribution < 1.29 is 0 Å². The largest absolute Gasteiger partial charge is 0.265 e. The first-order chi connectivity index (χ1) is 23.2. The zero-order valence-corrected chi connectivity index (χ0v) is 26.1. The van der Waals surface area contributed by atoms with Gasteiger partial charge in [0.15, 0.2) is 0 Å². The van der Waals surface area contributed by atoms with Crippen LogP contribution in [0.25, 0.3) is 87.6 Å². The Morgan fingerprint density at radius 3 is 1.47 bits per heavy atom. The second kappa shape index (κ2) is 11.1. The topological polar surface area (TPSA) is 12.9 Å². The number of aromatic nitrogens is 1. The molecule has 0 atom stereocenters. The molecule has 220 valence electrons. The van der Waals surface area contributed by atoms with E-state index in [0.29, 0.717) is 0 Å². The first kappa shape index (κ1) is 27.3. The van der Waals surface area contributed by atoms with Crippen LogP contribution in [0.1, 0.15) is 5.56 Å². The minimum absolute atomic E-state index is 1.17. The maximum absolute atomic E-state index is 4.17. The average Bonchev–Trinajstić information content (AvgIpc) is 3.14. The maximum atomic E-state index is 4.17. The van der Waals surface area contributed by atoms with Gasteiger partial charge in [0.2, 0.25) is 0 Å². The lowest BCUT2D eigenvalue weighted by molar-refractivity contribution is 1.33. The molecule has 0 saturated carbocycles. The van der Waals surface area contributed by atoms with E-state index in [1.165, 1.54) is 93.2 Å². The molecule has 0 saturated heterocycles. The predicted octanol–water partition coefficient (Wildman–Crippen LogP) is 12.7. The molecule has 0 unspecified atom stereocenters. The summed E-state index contributed by atoms with van der Waals surface area (Å²) in [5.74, 6) is 0. The summed E-state index contributed by atoms with van der Waals surface area (Å²) in [6, 6.07) is 58.0. The van der Waals surface area contributed by atoms with Crippen molar-refractivity contribution in [2.24, 2.45) is 0 Å². The lowest BCUT2D eigenvalue weighted by Gasteiger charge is -2.20. The lowest BCUT2D eigenvalue weighted by atomic mass is 9.83. The van der Waals surface area contributed by atoms with Crippen LogP contribution < -0.4 is 0 Å². The van der Waals surface area contributed by atoms with Crippen LogP contribution in [-0.4, -0.2) is 4.98 Å². The van der Waals surface area contributed by atoms with E-state index in [1.807, 2.05) is 12.4 Å². The van der Waals surface area contributed by atoms with Gasteiger partial charge in [-0.1, -0.05) is 145 Å². The molecule has 0 aliphatic heterocycles. The van der Waals surface area contributed by atoms with E-state index in [1.54, 1.807) is 0 Å².